The number of hydrogen-bond acceptors (Lipinski definition) is 2. The standard InChI is InChI=1S/C16H23BrClNO2/c1-9(2)19(10(3)4)14(20)8-21-13-7-11(5)16(18)12(6)15(13)17/h7,9-10H,8H2,1-6H3. The summed E-state index contributed by atoms with van der Waals surface area (Å²) in [7, 11) is 0. The molecule has 1 aromatic rings. The minimum Gasteiger partial charge on any atom is -0.483 e. The number of aryl methyl sites for hydroxylation is 1. The topological polar surface area (TPSA) is 29.5 Å². The van der Waals surface area contributed by atoms with E-state index in [0.717, 1.165) is 15.6 Å². The van der Waals surface area contributed by atoms with Crippen LogP contribution in [0.2, 0.25) is 5.02 Å². The van der Waals surface area contributed by atoms with Crippen molar-refractivity contribution in [1.29, 1.82) is 0 Å². The molecule has 0 saturated heterocycles. The molecule has 0 N–H and O–H groups in total. The van der Waals surface area contributed by atoms with Gasteiger partial charge in [0.05, 0.1) is 4.47 Å². The Labute approximate surface area is 140 Å². The van der Waals surface area contributed by atoms with E-state index in [9.17, 15) is 4.79 Å². The minimum atomic E-state index is -0.0165. The fourth-order valence-electron chi connectivity index (χ4n) is 2.39. The molecule has 3 nitrogen and oxygen atoms in total. The molecule has 0 atom stereocenters. The molecule has 0 aliphatic rings. The lowest BCUT2D eigenvalue weighted by Crippen LogP contribution is -2.44. The molecular formula is C16H23BrClNO2. The molecule has 5 heteroatoms. The number of nitrogens with zero attached hydrogens (tertiary/aromatic N) is 1. The highest BCUT2D eigenvalue weighted by molar-refractivity contribution is 9.10. The van der Waals surface area contributed by atoms with Crippen molar-refractivity contribution in [2.75, 3.05) is 6.61 Å². The van der Waals surface area contributed by atoms with E-state index in [2.05, 4.69) is 15.9 Å². The second-order valence-corrected chi connectivity index (χ2v) is 6.89. The lowest BCUT2D eigenvalue weighted by atomic mass is 10.1. The Balaban J connectivity index is 2.87. The summed E-state index contributed by atoms with van der Waals surface area (Å²) in [5, 5.41) is 0.714. The molecule has 118 valence electrons. The summed E-state index contributed by atoms with van der Waals surface area (Å²) in [6.45, 7) is 11.9. The zero-order valence-electron chi connectivity index (χ0n) is 13.5. The molecule has 1 amide bonds. The van der Waals surface area contributed by atoms with Gasteiger partial charge in [-0.3, -0.25) is 4.79 Å². The second kappa shape index (κ2) is 7.50. The van der Waals surface area contributed by atoms with Crippen molar-refractivity contribution in [3.8, 4) is 5.75 Å². The summed E-state index contributed by atoms with van der Waals surface area (Å²) in [6, 6.07) is 2.15. The Morgan fingerprint density at radius 1 is 1.29 bits per heavy atom. The third-order valence-corrected chi connectivity index (χ3v) is 4.89. The lowest BCUT2D eigenvalue weighted by molar-refractivity contribution is -0.137. The molecule has 0 saturated carbocycles. The van der Waals surface area contributed by atoms with Crippen LogP contribution in [-0.4, -0.2) is 29.5 Å². The average molecular weight is 377 g/mol. The maximum absolute atomic E-state index is 12.3. The number of hydrogen-bond donors (Lipinski definition) is 0. The third-order valence-electron chi connectivity index (χ3n) is 3.32. The van der Waals surface area contributed by atoms with Crippen LogP contribution in [-0.2, 0) is 4.79 Å². The maximum Gasteiger partial charge on any atom is 0.260 e. The quantitative estimate of drug-likeness (QED) is 0.742. The first-order chi connectivity index (χ1) is 9.66. The van der Waals surface area contributed by atoms with Gasteiger partial charge in [-0.2, -0.15) is 0 Å². The predicted molar refractivity (Wildman–Crippen MR) is 91.2 cm³/mol. The smallest absolute Gasteiger partial charge is 0.260 e. The molecule has 0 heterocycles. The van der Waals surface area contributed by atoms with Gasteiger partial charge >= 0.3 is 0 Å². The Hall–Kier alpha value is -0.740. The summed E-state index contributed by atoms with van der Waals surface area (Å²) in [5.41, 5.74) is 1.85. The third kappa shape index (κ3) is 4.36. The molecule has 21 heavy (non-hydrogen) atoms. The average Bonchev–Trinajstić information content (AvgIpc) is 2.38. The number of benzene rings is 1. The van der Waals surface area contributed by atoms with E-state index in [1.165, 1.54) is 0 Å². The van der Waals surface area contributed by atoms with Crippen LogP contribution >= 0.6 is 27.5 Å². The van der Waals surface area contributed by atoms with Gasteiger partial charge in [0.2, 0.25) is 0 Å². The summed E-state index contributed by atoms with van der Waals surface area (Å²) in [6.07, 6.45) is 0. The second-order valence-electron chi connectivity index (χ2n) is 5.72. The van der Waals surface area contributed by atoms with Gasteiger partial charge in [0.1, 0.15) is 5.75 Å². The summed E-state index contributed by atoms with van der Waals surface area (Å²) < 4.78 is 6.50. The monoisotopic (exact) mass is 375 g/mol. The Morgan fingerprint density at radius 3 is 2.29 bits per heavy atom. The van der Waals surface area contributed by atoms with Crippen molar-refractivity contribution in [2.24, 2.45) is 0 Å². The van der Waals surface area contributed by atoms with Crippen LogP contribution in [0.1, 0.15) is 38.8 Å². The van der Waals surface area contributed by atoms with E-state index in [-0.39, 0.29) is 24.6 Å². The summed E-state index contributed by atoms with van der Waals surface area (Å²) >= 11 is 9.67. The Bertz CT molecular complexity index is 521. The van der Waals surface area contributed by atoms with Gasteiger partial charge in [-0.05, 0) is 74.7 Å². The van der Waals surface area contributed by atoms with Crippen molar-refractivity contribution in [3.63, 3.8) is 0 Å². The van der Waals surface area contributed by atoms with Crippen LogP contribution in [0.4, 0.5) is 0 Å². The minimum absolute atomic E-state index is 0.0165. The van der Waals surface area contributed by atoms with E-state index in [4.69, 9.17) is 16.3 Å². The summed E-state index contributed by atoms with van der Waals surface area (Å²) in [4.78, 5) is 14.1. The van der Waals surface area contributed by atoms with Crippen LogP contribution in [0.25, 0.3) is 0 Å². The SMILES string of the molecule is Cc1cc(OCC(=O)N(C(C)C)C(C)C)c(Br)c(C)c1Cl. The maximum atomic E-state index is 12.3. The van der Waals surface area contributed by atoms with Gasteiger partial charge < -0.3 is 9.64 Å². The van der Waals surface area contributed by atoms with E-state index < -0.39 is 0 Å². The van der Waals surface area contributed by atoms with Crippen LogP contribution in [0.5, 0.6) is 5.75 Å². The number of rotatable bonds is 5. The first-order valence-corrected chi connectivity index (χ1v) is 8.23. The number of amides is 1. The summed E-state index contributed by atoms with van der Waals surface area (Å²) in [5.74, 6) is 0.632. The van der Waals surface area contributed by atoms with Crippen LogP contribution in [0.3, 0.4) is 0 Å². The Morgan fingerprint density at radius 2 is 1.81 bits per heavy atom. The molecule has 1 aromatic carbocycles. The van der Waals surface area contributed by atoms with E-state index in [0.29, 0.717) is 10.8 Å². The van der Waals surface area contributed by atoms with Gasteiger partial charge in [0.25, 0.3) is 5.91 Å². The van der Waals surface area contributed by atoms with Crippen LogP contribution < -0.4 is 4.74 Å². The molecule has 0 spiro atoms. The molecular weight excluding hydrogens is 354 g/mol. The van der Waals surface area contributed by atoms with Crippen molar-refractivity contribution in [1.82, 2.24) is 4.90 Å². The first kappa shape index (κ1) is 18.3. The zero-order valence-corrected chi connectivity index (χ0v) is 15.8. The van der Waals surface area contributed by atoms with Crippen LogP contribution in [0.15, 0.2) is 10.5 Å². The number of carbonyl (C=O) groups excluding carboxylic acids is 1. The van der Waals surface area contributed by atoms with Crippen molar-refractivity contribution in [2.45, 2.75) is 53.6 Å². The molecule has 0 aliphatic carbocycles. The zero-order chi connectivity index (χ0) is 16.3. The van der Waals surface area contributed by atoms with Gasteiger partial charge in [-0.25, -0.2) is 0 Å². The van der Waals surface area contributed by atoms with Crippen molar-refractivity contribution >= 4 is 33.4 Å². The number of carbonyl (C=O) groups is 1. The largest absolute Gasteiger partial charge is 0.483 e. The Kier molecular flexibility index (Phi) is 6.54. The van der Waals surface area contributed by atoms with Crippen molar-refractivity contribution < 1.29 is 9.53 Å². The highest BCUT2D eigenvalue weighted by atomic mass is 79.9. The predicted octanol–water partition coefficient (Wildman–Crippen LogP) is 4.74. The van der Waals surface area contributed by atoms with Gasteiger partial charge in [0, 0.05) is 17.1 Å². The van der Waals surface area contributed by atoms with Gasteiger partial charge in [0.15, 0.2) is 6.61 Å². The molecule has 0 unspecified atom stereocenters. The fourth-order valence-corrected chi connectivity index (χ4v) is 3.08. The molecule has 0 fully saturated rings. The van der Waals surface area contributed by atoms with E-state index in [1.807, 2.05) is 52.5 Å². The molecule has 0 radical (unpaired) electrons. The fraction of sp³-hybridized carbons (Fsp3) is 0.562. The molecule has 0 aliphatic heterocycles. The highest BCUT2D eigenvalue weighted by Crippen LogP contribution is 2.35. The van der Waals surface area contributed by atoms with Gasteiger partial charge in [-0.15, -0.1) is 0 Å². The van der Waals surface area contributed by atoms with Gasteiger partial charge in [-0.1, -0.05) is 11.6 Å². The molecule has 1 rings (SSSR count). The first-order valence-electron chi connectivity index (χ1n) is 7.06. The number of halogens is 2. The van der Waals surface area contributed by atoms with E-state index >= 15 is 0 Å². The lowest BCUT2D eigenvalue weighted by Gasteiger charge is -2.30. The van der Waals surface area contributed by atoms with E-state index in [1.54, 1.807) is 0 Å². The normalized spacial score (nSPS) is 11.1. The molecule has 0 bridgehead atoms. The number of ether oxygens (including phenoxy) is 1. The molecule has 0 aromatic heterocycles. The van der Waals surface area contributed by atoms with Crippen molar-refractivity contribution in [3.05, 3.63) is 26.7 Å². The highest BCUT2D eigenvalue weighted by Gasteiger charge is 2.21. The van der Waals surface area contributed by atoms with Crippen LogP contribution in [0, 0.1) is 13.8 Å².